The van der Waals surface area contributed by atoms with E-state index < -0.39 is 17.6 Å². The van der Waals surface area contributed by atoms with Crippen LogP contribution in [0, 0.1) is 0 Å². The first-order valence-electron chi connectivity index (χ1n) is 11.7. The summed E-state index contributed by atoms with van der Waals surface area (Å²) in [6.07, 6.45) is -0.969. The summed E-state index contributed by atoms with van der Waals surface area (Å²) < 4.78 is 55.4. The van der Waals surface area contributed by atoms with E-state index in [0.717, 1.165) is 36.2 Å². The Bertz CT molecular complexity index is 1160. The molecule has 0 saturated carbocycles. The molecular formula is C26H34F3N3O3. The molecule has 1 amide bonds. The molecule has 6 nitrogen and oxygen atoms in total. The van der Waals surface area contributed by atoms with Gasteiger partial charge in [-0.3, -0.25) is 14.2 Å². The average molecular weight is 494 g/mol. The van der Waals surface area contributed by atoms with Gasteiger partial charge in [-0.2, -0.15) is 18.2 Å². The normalized spacial score (nSPS) is 17.1. The molecule has 35 heavy (non-hydrogen) atoms. The number of benzene rings is 1. The number of alkyl halides is 3. The largest absolute Gasteiger partial charge is 0.489 e. The first-order valence-corrected chi connectivity index (χ1v) is 11.7. The molecule has 2 heterocycles. The number of allylic oxidation sites excluding steroid dienone is 1. The number of hydrogen-bond donors (Lipinski definition) is 0. The predicted octanol–water partition coefficient (Wildman–Crippen LogP) is 5.41. The third-order valence-electron chi connectivity index (χ3n) is 5.89. The second-order valence-electron chi connectivity index (χ2n) is 10.1. The highest BCUT2D eigenvalue weighted by atomic mass is 19.4. The van der Waals surface area contributed by atoms with Crippen molar-refractivity contribution < 1.29 is 27.4 Å². The number of nitrogens with zero attached hydrogens (tertiary/aromatic N) is 3. The van der Waals surface area contributed by atoms with E-state index in [1.807, 2.05) is 57.1 Å². The first kappa shape index (κ1) is 26.8. The molecule has 0 bridgehead atoms. The standard InChI is InChI=1S/C26H34F3N3O3/c1-17(2)11-13-35-21-10-9-18(26(27,28)29)14-20(21)24(33)30-23-15-22(25(3,4)5)31(6)32(23)16-19-8-7-12-34-19/h9-11,14-15,19H,7-8,12-13,16H2,1-6H3/t19-/m1/s1. The number of halogens is 3. The van der Waals surface area contributed by atoms with Crippen molar-refractivity contribution >= 4 is 5.91 Å². The third-order valence-corrected chi connectivity index (χ3v) is 5.89. The van der Waals surface area contributed by atoms with Crippen molar-refractivity contribution in [1.29, 1.82) is 0 Å². The molecular weight excluding hydrogens is 459 g/mol. The monoisotopic (exact) mass is 493 g/mol. The summed E-state index contributed by atoms with van der Waals surface area (Å²) in [5.41, 5.74) is 0.895. The molecule has 1 atom stereocenters. The quantitative estimate of drug-likeness (QED) is 0.506. The van der Waals surface area contributed by atoms with Crippen molar-refractivity contribution in [3.8, 4) is 5.75 Å². The van der Waals surface area contributed by atoms with E-state index >= 15 is 0 Å². The van der Waals surface area contributed by atoms with Crippen LogP contribution in [0.1, 0.15) is 69.1 Å². The number of rotatable bonds is 6. The molecule has 0 unspecified atom stereocenters. The fraction of sp³-hybridized carbons (Fsp3) is 0.538. The van der Waals surface area contributed by atoms with Gasteiger partial charge in [0.25, 0.3) is 5.91 Å². The van der Waals surface area contributed by atoms with Crippen molar-refractivity contribution in [1.82, 2.24) is 9.36 Å². The maximum atomic E-state index is 13.4. The van der Waals surface area contributed by atoms with Crippen LogP contribution in [0.4, 0.5) is 13.2 Å². The van der Waals surface area contributed by atoms with E-state index in [0.29, 0.717) is 18.6 Å². The van der Waals surface area contributed by atoms with Gasteiger partial charge in [0, 0.05) is 30.8 Å². The van der Waals surface area contributed by atoms with Crippen LogP contribution in [0.3, 0.4) is 0 Å². The number of amides is 1. The number of ether oxygens (including phenoxy) is 2. The number of carbonyl (C=O) groups excluding carboxylic acids is 1. The second kappa shape index (κ2) is 10.4. The van der Waals surface area contributed by atoms with E-state index in [1.165, 1.54) is 6.07 Å². The van der Waals surface area contributed by atoms with Crippen LogP contribution in [-0.2, 0) is 29.9 Å². The van der Waals surface area contributed by atoms with Gasteiger partial charge in [-0.1, -0.05) is 26.3 Å². The van der Waals surface area contributed by atoms with Crippen LogP contribution in [0.2, 0.25) is 0 Å². The molecule has 0 aliphatic carbocycles. The van der Waals surface area contributed by atoms with E-state index in [-0.39, 0.29) is 29.4 Å². The summed E-state index contributed by atoms with van der Waals surface area (Å²) in [5.74, 6) is -0.739. The Labute approximate surface area is 204 Å². The Morgan fingerprint density at radius 2 is 1.94 bits per heavy atom. The summed E-state index contributed by atoms with van der Waals surface area (Å²) in [6.45, 7) is 11.2. The van der Waals surface area contributed by atoms with Gasteiger partial charge in [0.05, 0.1) is 23.8 Å². The first-order chi connectivity index (χ1) is 16.3. The minimum absolute atomic E-state index is 0.0120. The summed E-state index contributed by atoms with van der Waals surface area (Å²) in [4.78, 5) is 17.6. The van der Waals surface area contributed by atoms with Crippen LogP contribution >= 0.6 is 0 Å². The average Bonchev–Trinajstić information content (AvgIpc) is 3.36. The van der Waals surface area contributed by atoms with E-state index in [1.54, 1.807) is 6.08 Å². The lowest BCUT2D eigenvalue weighted by Gasteiger charge is -2.21. The lowest BCUT2D eigenvalue weighted by molar-refractivity contribution is -0.137. The fourth-order valence-corrected chi connectivity index (χ4v) is 4.02. The Hall–Kier alpha value is -2.81. The summed E-state index contributed by atoms with van der Waals surface area (Å²) in [6, 6.07) is 4.70. The molecule has 3 rings (SSSR count). The minimum atomic E-state index is -4.60. The molecule has 1 aromatic heterocycles. The van der Waals surface area contributed by atoms with Crippen molar-refractivity contribution in [3.63, 3.8) is 0 Å². The van der Waals surface area contributed by atoms with Crippen LogP contribution in [0.15, 0.2) is 40.9 Å². The maximum absolute atomic E-state index is 13.4. The lowest BCUT2D eigenvalue weighted by Crippen LogP contribution is -2.30. The van der Waals surface area contributed by atoms with Crippen LogP contribution < -0.4 is 10.2 Å². The van der Waals surface area contributed by atoms with Gasteiger partial charge in [0.1, 0.15) is 12.4 Å². The zero-order chi connectivity index (χ0) is 26.0. The summed E-state index contributed by atoms with van der Waals surface area (Å²) in [7, 11) is 1.89. The van der Waals surface area contributed by atoms with Gasteiger partial charge < -0.3 is 9.47 Å². The SMILES string of the molecule is CC(C)=CCOc1ccc(C(F)(F)F)cc1C(=O)N=c1cc(C(C)(C)C)n(C)n1C[C@H]1CCCO1. The Morgan fingerprint density at radius 3 is 2.51 bits per heavy atom. The van der Waals surface area contributed by atoms with Crippen molar-refractivity contribution in [2.45, 2.75) is 71.7 Å². The molecule has 0 spiro atoms. The molecule has 1 fully saturated rings. The lowest BCUT2D eigenvalue weighted by atomic mass is 9.92. The van der Waals surface area contributed by atoms with E-state index in [4.69, 9.17) is 9.47 Å². The van der Waals surface area contributed by atoms with E-state index in [2.05, 4.69) is 4.99 Å². The molecule has 0 N–H and O–H groups in total. The number of hydrogen-bond acceptors (Lipinski definition) is 3. The molecule has 2 aromatic rings. The summed E-state index contributed by atoms with van der Waals surface area (Å²) in [5, 5.41) is 0. The van der Waals surface area contributed by atoms with Gasteiger partial charge in [-0.15, -0.1) is 0 Å². The number of carbonyl (C=O) groups is 1. The van der Waals surface area contributed by atoms with Crippen LogP contribution in [-0.4, -0.2) is 34.6 Å². The highest BCUT2D eigenvalue weighted by molar-refractivity contribution is 5.97. The van der Waals surface area contributed by atoms with Crippen molar-refractivity contribution in [2.75, 3.05) is 13.2 Å². The third kappa shape index (κ3) is 6.66. The number of aromatic nitrogens is 2. The fourth-order valence-electron chi connectivity index (χ4n) is 4.02. The van der Waals surface area contributed by atoms with Crippen LogP contribution in [0.5, 0.6) is 5.75 Å². The molecule has 1 aromatic carbocycles. The molecule has 1 saturated heterocycles. The van der Waals surface area contributed by atoms with Crippen LogP contribution in [0.25, 0.3) is 0 Å². The second-order valence-corrected chi connectivity index (χ2v) is 10.1. The summed E-state index contributed by atoms with van der Waals surface area (Å²) >= 11 is 0. The van der Waals surface area contributed by atoms with Gasteiger partial charge in [0.2, 0.25) is 0 Å². The zero-order valence-corrected chi connectivity index (χ0v) is 21.2. The Morgan fingerprint density at radius 1 is 1.23 bits per heavy atom. The molecule has 1 aliphatic rings. The zero-order valence-electron chi connectivity index (χ0n) is 21.2. The highest BCUT2D eigenvalue weighted by Gasteiger charge is 2.32. The topological polar surface area (TPSA) is 57.8 Å². The molecule has 9 heteroatoms. The van der Waals surface area contributed by atoms with Gasteiger partial charge in [0.15, 0.2) is 5.49 Å². The minimum Gasteiger partial charge on any atom is -0.489 e. The Kier molecular flexibility index (Phi) is 7.99. The Balaban J connectivity index is 2.09. The van der Waals surface area contributed by atoms with Crippen molar-refractivity contribution in [3.05, 3.63) is 58.2 Å². The molecule has 0 radical (unpaired) electrons. The van der Waals surface area contributed by atoms with Crippen molar-refractivity contribution in [2.24, 2.45) is 12.0 Å². The highest BCUT2D eigenvalue weighted by Crippen LogP contribution is 2.33. The smallest absolute Gasteiger partial charge is 0.416 e. The van der Waals surface area contributed by atoms with Gasteiger partial charge >= 0.3 is 6.18 Å². The maximum Gasteiger partial charge on any atom is 0.416 e. The van der Waals surface area contributed by atoms with Gasteiger partial charge in [-0.05, 0) is 51.0 Å². The predicted molar refractivity (Wildman–Crippen MR) is 127 cm³/mol. The van der Waals surface area contributed by atoms with E-state index in [9.17, 15) is 18.0 Å². The molecule has 192 valence electrons. The van der Waals surface area contributed by atoms with Gasteiger partial charge in [-0.25, -0.2) is 0 Å². The molecule has 1 aliphatic heterocycles.